The lowest BCUT2D eigenvalue weighted by molar-refractivity contribution is -0.385. The molecule has 1 heterocycles. The Bertz CT molecular complexity index is 800. The van der Waals surface area contributed by atoms with Crippen molar-refractivity contribution < 1.29 is 14.5 Å². The van der Waals surface area contributed by atoms with E-state index >= 15 is 0 Å². The molecule has 0 radical (unpaired) electrons. The Balaban J connectivity index is 2.18. The predicted octanol–water partition coefficient (Wildman–Crippen LogP) is 2.46. The molecule has 0 unspecified atom stereocenters. The van der Waals surface area contributed by atoms with Crippen LogP contribution in [0.25, 0.3) is 0 Å². The summed E-state index contributed by atoms with van der Waals surface area (Å²) >= 11 is 0. The van der Waals surface area contributed by atoms with Crippen LogP contribution in [0.15, 0.2) is 41.6 Å². The van der Waals surface area contributed by atoms with Crippen LogP contribution in [0, 0.1) is 17.0 Å². The maximum Gasteiger partial charge on any atom is 0.311 e. The van der Waals surface area contributed by atoms with Gasteiger partial charge >= 0.3 is 5.69 Å². The second-order valence-corrected chi connectivity index (χ2v) is 4.97. The molecule has 124 valence electrons. The molecule has 1 aromatic carbocycles. The van der Waals surface area contributed by atoms with Crippen molar-refractivity contribution in [2.75, 3.05) is 7.11 Å². The Morgan fingerprint density at radius 1 is 1.29 bits per heavy atom. The van der Waals surface area contributed by atoms with Crippen LogP contribution in [-0.4, -0.2) is 28.6 Å². The number of benzene rings is 1. The zero-order chi connectivity index (χ0) is 17.7. The fraction of sp³-hybridized carbons (Fsp3) is 0.188. The highest BCUT2D eigenvalue weighted by atomic mass is 16.6. The van der Waals surface area contributed by atoms with Gasteiger partial charge in [0.1, 0.15) is 0 Å². The van der Waals surface area contributed by atoms with Crippen LogP contribution in [0.1, 0.15) is 28.5 Å². The molecule has 2 aromatic rings. The van der Waals surface area contributed by atoms with Crippen LogP contribution < -0.4 is 10.2 Å². The van der Waals surface area contributed by atoms with E-state index in [2.05, 4.69) is 15.5 Å². The van der Waals surface area contributed by atoms with Gasteiger partial charge in [-0.15, -0.1) is 0 Å². The quantitative estimate of drug-likeness (QED) is 0.515. The summed E-state index contributed by atoms with van der Waals surface area (Å²) in [6, 6.07) is 7.82. The number of hydrogen-bond donors (Lipinski definition) is 1. The van der Waals surface area contributed by atoms with Crippen LogP contribution in [0.5, 0.6) is 5.75 Å². The molecule has 2 rings (SSSR count). The summed E-state index contributed by atoms with van der Waals surface area (Å²) in [6.45, 7) is 3.46. The van der Waals surface area contributed by atoms with E-state index in [1.54, 1.807) is 25.1 Å². The number of rotatable bonds is 5. The molecule has 0 saturated carbocycles. The monoisotopic (exact) mass is 328 g/mol. The summed E-state index contributed by atoms with van der Waals surface area (Å²) in [6.07, 6.45) is 1.45. The molecule has 0 spiro atoms. The van der Waals surface area contributed by atoms with Crippen LogP contribution in [0.3, 0.4) is 0 Å². The number of nitro benzene ring substituents is 1. The van der Waals surface area contributed by atoms with E-state index < -0.39 is 10.8 Å². The third-order valence-corrected chi connectivity index (χ3v) is 3.29. The first kappa shape index (κ1) is 17.1. The summed E-state index contributed by atoms with van der Waals surface area (Å²) in [5, 5.41) is 15.0. The SMILES string of the molecule is COc1ccc(/C(C)=N/NC(=O)c2ccc(C)nc2)cc1[N+](=O)[O-]. The Morgan fingerprint density at radius 2 is 2.00 bits per heavy atom. The minimum absolute atomic E-state index is 0.159. The highest BCUT2D eigenvalue weighted by Gasteiger charge is 2.16. The second-order valence-electron chi connectivity index (χ2n) is 4.97. The number of ether oxygens (including phenoxy) is 1. The van der Waals surface area contributed by atoms with E-state index in [1.807, 2.05) is 6.92 Å². The van der Waals surface area contributed by atoms with E-state index in [-0.39, 0.29) is 11.4 Å². The van der Waals surface area contributed by atoms with Crippen molar-refractivity contribution in [3.63, 3.8) is 0 Å². The van der Waals surface area contributed by atoms with Crippen molar-refractivity contribution >= 4 is 17.3 Å². The topological polar surface area (TPSA) is 107 Å². The van der Waals surface area contributed by atoms with Crippen molar-refractivity contribution in [3.05, 3.63) is 63.5 Å². The van der Waals surface area contributed by atoms with E-state index in [0.29, 0.717) is 16.8 Å². The third kappa shape index (κ3) is 3.92. The molecule has 24 heavy (non-hydrogen) atoms. The van der Waals surface area contributed by atoms with E-state index in [1.165, 1.54) is 25.4 Å². The van der Waals surface area contributed by atoms with Gasteiger partial charge < -0.3 is 4.74 Å². The van der Waals surface area contributed by atoms with Gasteiger partial charge in [-0.1, -0.05) is 0 Å². The summed E-state index contributed by atoms with van der Waals surface area (Å²) < 4.78 is 4.95. The average Bonchev–Trinajstić information content (AvgIpc) is 2.59. The molecule has 0 aliphatic carbocycles. The van der Waals surface area contributed by atoms with Crippen molar-refractivity contribution in [1.29, 1.82) is 0 Å². The summed E-state index contributed by atoms with van der Waals surface area (Å²) in [5.74, 6) is -0.254. The van der Waals surface area contributed by atoms with Crippen LogP contribution in [0.2, 0.25) is 0 Å². The summed E-state index contributed by atoms with van der Waals surface area (Å²) in [7, 11) is 1.36. The number of nitro groups is 1. The first-order valence-electron chi connectivity index (χ1n) is 7.02. The predicted molar refractivity (Wildman–Crippen MR) is 88.3 cm³/mol. The maximum atomic E-state index is 12.0. The van der Waals surface area contributed by atoms with Crippen LogP contribution >= 0.6 is 0 Å². The van der Waals surface area contributed by atoms with E-state index in [4.69, 9.17) is 4.74 Å². The van der Waals surface area contributed by atoms with Crippen molar-refractivity contribution in [3.8, 4) is 5.75 Å². The molecule has 0 saturated heterocycles. The number of aromatic nitrogens is 1. The number of aryl methyl sites for hydroxylation is 1. The Labute approximate surface area is 138 Å². The number of methoxy groups -OCH3 is 1. The standard InChI is InChI=1S/C16H16N4O4/c1-10-4-5-13(9-17-10)16(21)19-18-11(2)12-6-7-15(24-3)14(8-12)20(22)23/h4-9H,1-3H3,(H,19,21)/b18-11+. The first-order valence-corrected chi connectivity index (χ1v) is 7.02. The molecule has 1 aromatic heterocycles. The zero-order valence-corrected chi connectivity index (χ0v) is 13.4. The van der Waals surface area contributed by atoms with Crippen molar-refractivity contribution in [2.24, 2.45) is 5.10 Å². The molecule has 8 heteroatoms. The summed E-state index contributed by atoms with van der Waals surface area (Å²) in [4.78, 5) is 26.5. The first-order chi connectivity index (χ1) is 11.4. The van der Waals surface area contributed by atoms with E-state index in [0.717, 1.165) is 5.69 Å². The number of carbonyl (C=O) groups excluding carboxylic acids is 1. The Kier molecular flexibility index (Phi) is 5.20. The van der Waals surface area contributed by atoms with E-state index in [9.17, 15) is 14.9 Å². The fourth-order valence-electron chi connectivity index (χ4n) is 1.92. The molecule has 0 atom stereocenters. The molecular weight excluding hydrogens is 312 g/mol. The fourth-order valence-corrected chi connectivity index (χ4v) is 1.92. The van der Waals surface area contributed by atoms with Gasteiger partial charge in [-0.05, 0) is 38.1 Å². The second kappa shape index (κ2) is 7.32. The van der Waals surface area contributed by atoms with Gasteiger partial charge in [-0.2, -0.15) is 5.10 Å². The van der Waals surface area contributed by atoms with Gasteiger partial charge in [-0.25, -0.2) is 5.43 Å². The third-order valence-electron chi connectivity index (χ3n) is 3.29. The van der Waals surface area contributed by atoms with Crippen LogP contribution in [0.4, 0.5) is 5.69 Å². The highest BCUT2D eigenvalue weighted by Crippen LogP contribution is 2.27. The molecule has 0 aliphatic heterocycles. The summed E-state index contributed by atoms with van der Waals surface area (Å²) in [5.41, 5.74) is 4.34. The minimum Gasteiger partial charge on any atom is -0.490 e. The molecule has 1 N–H and O–H groups in total. The molecule has 0 fully saturated rings. The van der Waals surface area contributed by atoms with Crippen molar-refractivity contribution in [1.82, 2.24) is 10.4 Å². The number of hydrogen-bond acceptors (Lipinski definition) is 6. The largest absolute Gasteiger partial charge is 0.490 e. The van der Waals surface area contributed by atoms with Gasteiger partial charge in [0.15, 0.2) is 5.75 Å². The van der Waals surface area contributed by atoms with Crippen LogP contribution in [-0.2, 0) is 0 Å². The molecular formula is C16H16N4O4. The van der Waals surface area contributed by atoms with Crippen molar-refractivity contribution in [2.45, 2.75) is 13.8 Å². The normalized spacial score (nSPS) is 11.0. The lowest BCUT2D eigenvalue weighted by atomic mass is 10.1. The van der Waals surface area contributed by atoms with Gasteiger partial charge in [-0.3, -0.25) is 19.9 Å². The minimum atomic E-state index is -0.536. The Hall–Kier alpha value is -3.29. The Morgan fingerprint density at radius 3 is 2.58 bits per heavy atom. The van der Waals surface area contributed by atoms with Gasteiger partial charge in [0.2, 0.25) is 0 Å². The zero-order valence-electron chi connectivity index (χ0n) is 13.4. The molecule has 0 bridgehead atoms. The van der Waals surface area contributed by atoms with Gasteiger partial charge in [0, 0.05) is 23.5 Å². The highest BCUT2D eigenvalue weighted by molar-refractivity contribution is 6.01. The lowest BCUT2D eigenvalue weighted by Crippen LogP contribution is -2.19. The number of hydrazone groups is 1. The lowest BCUT2D eigenvalue weighted by Gasteiger charge is -2.05. The number of carbonyl (C=O) groups is 1. The number of pyridine rings is 1. The molecule has 8 nitrogen and oxygen atoms in total. The maximum absolute atomic E-state index is 12.0. The number of amides is 1. The number of nitrogens with zero attached hydrogens (tertiary/aromatic N) is 3. The number of nitrogens with one attached hydrogen (secondary N) is 1. The molecule has 1 amide bonds. The van der Waals surface area contributed by atoms with Gasteiger partial charge in [0.05, 0.1) is 23.3 Å². The smallest absolute Gasteiger partial charge is 0.311 e. The average molecular weight is 328 g/mol. The van der Waals surface area contributed by atoms with Gasteiger partial charge in [0.25, 0.3) is 5.91 Å². The molecule has 0 aliphatic rings.